The minimum absolute atomic E-state index is 0. The number of pyridine rings is 1. The van der Waals surface area contributed by atoms with Gasteiger partial charge in [0.15, 0.2) is 12.4 Å². The molecule has 6 heteroatoms. The van der Waals surface area contributed by atoms with Gasteiger partial charge in [-0.2, -0.15) is 4.57 Å². The van der Waals surface area contributed by atoms with Crippen LogP contribution in [0.5, 0.6) is 5.75 Å². The molecule has 1 heterocycles. The van der Waals surface area contributed by atoms with E-state index in [9.17, 15) is 9.90 Å². The number of nitrogens with zero attached hydrogens (tertiary/aromatic N) is 1. The second-order valence-corrected chi connectivity index (χ2v) is 6.06. The molecule has 118 valence electrons. The maximum absolute atomic E-state index is 12.2. The summed E-state index contributed by atoms with van der Waals surface area (Å²) in [5, 5.41) is 14.9. The number of nitrogens with one attached hydrogen (secondary N) is 1. The topological polar surface area (TPSA) is 53.2 Å². The van der Waals surface area contributed by atoms with Crippen molar-refractivity contribution in [2.24, 2.45) is 0 Å². The zero-order chi connectivity index (χ0) is 15.5. The van der Waals surface area contributed by atoms with Gasteiger partial charge in [-0.25, -0.2) is 0 Å². The monoisotopic (exact) mass is 440 g/mol. The Kier molecular flexibility index (Phi) is 5.79. The fourth-order valence-electron chi connectivity index (χ4n) is 2.30. The van der Waals surface area contributed by atoms with Gasteiger partial charge in [0.1, 0.15) is 5.75 Å². The van der Waals surface area contributed by atoms with Crippen molar-refractivity contribution in [2.45, 2.75) is 6.54 Å². The highest BCUT2D eigenvalue weighted by atomic mass is 127. The number of aromatic hydroxyl groups is 1. The van der Waals surface area contributed by atoms with E-state index in [0.717, 1.165) is 14.3 Å². The highest BCUT2D eigenvalue weighted by molar-refractivity contribution is 14.1. The molecule has 2 aromatic carbocycles. The van der Waals surface area contributed by atoms with Crippen LogP contribution in [-0.2, 0) is 11.3 Å². The van der Waals surface area contributed by atoms with Crippen LogP contribution in [0.4, 0.5) is 5.69 Å². The van der Waals surface area contributed by atoms with Crippen molar-refractivity contribution < 1.29 is 26.9 Å². The highest BCUT2D eigenvalue weighted by Gasteiger charge is 2.16. The lowest BCUT2D eigenvalue weighted by Crippen LogP contribution is -3.00. The van der Waals surface area contributed by atoms with Gasteiger partial charge in [0.25, 0.3) is 5.91 Å². The predicted molar refractivity (Wildman–Crippen MR) is 93.6 cm³/mol. The molecule has 4 nitrogen and oxygen atoms in total. The van der Waals surface area contributed by atoms with Gasteiger partial charge in [0, 0.05) is 21.1 Å². The SMILES string of the molecule is O=C(C[n+]1ccccc1)Nc1c(I)cc2ccccc2c1O.[Cl-]. The molecule has 0 saturated carbocycles. The third-order valence-electron chi connectivity index (χ3n) is 3.34. The van der Waals surface area contributed by atoms with Crippen LogP contribution < -0.4 is 22.3 Å². The number of amides is 1. The van der Waals surface area contributed by atoms with Crippen LogP contribution in [0.15, 0.2) is 60.9 Å². The number of benzene rings is 2. The van der Waals surface area contributed by atoms with Crippen molar-refractivity contribution in [1.82, 2.24) is 0 Å². The maximum Gasteiger partial charge on any atom is 0.290 e. The number of hydrogen-bond acceptors (Lipinski definition) is 2. The number of anilines is 1. The molecule has 0 radical (unpaired) electrons. The van der Waals surface area contributed by atoms with Gasteiger partial charge < -0.3 is 22.8 Å². The highest BCUT2D eigenvalue weighted by Crippen LogP contribution is 2.36. The molecule has 0 spiro atoms. The molecule has 1 aromatic heterocycles. The standard InChI is InChI=1S/C17H13IN2O2.ClH/c18-14-10-12-6-2-3-7-13(12)17(22)16(14)19-15(21)11-20-8-4-1-5-9-20;/h1-10H,11H2,(H-,19,21,22);1H. The minimum Gasteiger partial charge on any atom is -1.00 e. The van der Waals surface area contributed by atoms with E-state index < -0.39 is 0 Å². The van der Waals surface area contributed by atoms with E-state index in [2.05, 4.69) is 27.9 Å². The Bertz CT molecular complexity index is 841. The summed E-state index contributed by atoms with van der Waals surface area (Å²) in [5.74, 6) is -0.0754. The van der Waals surface area contributed by atoms with Gasteiger partial charge in [-0.1, -0.05) is 30.3 Å². The fraction of sp³-hybridized carbons (Fsp3) is 0.0588. The third kappa shape index (κ3) is 3.92. The number of hydrogen-bond donors (Lipinski definition) is 2. The first-order valence-corrected chi connectivity index (χ1v) is 7.87. The van der Waals surface area contributed by atoms with E-state index in [1.165, 1.54) is 0 Å². The summed E-state index contributed by atoms with van der Waals surface area (Å²) in [4.78, 5) is 12.2. The number of phenols is 1. The quantitative estimate of drug-likeness (QED) is 0.344. The Morgan fingerprint density at radius 2 is 1.83 bits per heavy atom. The maximum atomic E-state index is 12.2. The van der Waals surface area contributed by atoms with Crippen LogP contribution in [0.2, 0.25) is 0 Å². The molecule has 0 aliphatic rings. The zero-order valence-corrected chi connectivity index (χ0v) is 15.0. The van der Waals surface area contributed by atoms with Gasteiger partial charge in [0.2, 0.25) is 6.54 Å². The largest absolute Gasteiger partial charge is 1.00 e. The second kappa shape index (κ2) is 7.61. The molecule has 0 aliphatic heterocycles. The van der Waals surface area contributed by atoms with Crippen LogP contribution >= 0.6 is 22.6 Å². The molecule has 0 unspecified atom stereocenters. The molecule has 0 fully saturated rings. The molecule has 23 heavy (non-hydrogen) atoms. The molecular weight excluding hydrogens is 427 g/mol. The average Bonchev–Trinajstić information content (AvgIpc) is 2.52. The molecule has 0 atom stereocenters. The Morgan fingerprint density at radius 3 is 2.57 bits per heavy atom. The molecule has 0 bridgehead atoms. The number of phenolic OH excluding ortho intramolecular Hbond substituents is 1. The Labute approximate surface area is 153 Å². The summed E-state index contributed by atoms with van der Waals surface area (Å²) in [6.07, 6.45) is 3.65. The molecule has 3 rings (SSSR count). The lowest BCUT2D eigenvalue weighted by molar-refractivity contribution is -0.684. The first kappa shape index (κ1) is 17.5. The van der Waals surface area contributed by atoms with E-state index in [1.807, 2.05) is 60.9 Å². The normalized spacial score (nSPS) is 10.1. The van der Waals surface area contributed by atoms with Crippen LogP contribution in [-0.4, -0.2) is 11.0 Å². The van der Waals surface area contributed by atoms with Crippen LogP contribution in [0, 0.1) is 3.57 Å². The first-order valence-electron chi connectivity index (χ1n) is 6.79. The lowest BCUT2D eigenvalue weighted by atomic mass is 10.1. The van der Waals surface area contributed by atoms with Crippen molar-refractivity contribution >= 4 is 45.0 Å². The van der Waals surface area contributed by atoms with Crippen molar-refractivity contribution in [3.05, 3.63) is 64.5 Å². The summed E-state index contributed by atoms with van der Waals surface area (Å²) in [6, 6.07) is 15.1. The molecule has 1 amide bonds. The summed E-state index contributed by atoms with van der Waals surface area (Å²) in [7, 11) is 0. The third-order valence-corrected chi connectivity index (χ3v) is 4.19. The Balaban J connectivity index is 0.00000192. The minimum atomic E-state index is -0.181. The summed E-state index contributed by atoms with van der Waals surface area (Å²) in [5.41, 5.74) is 0.459. The second-order valence-electron chi connectivity index (χ2n) is 4.90. The number of fused-ring (bicyclic) bond motifs is 1. The number of carbonyl (C=O) groups is 1. The molecule has 0 saturated heterocycles. The van der Waals surface area contributed by atoms with E-state index in [4.69, 9.17) is 0 Å². The van der Waals surface area contributed by atoms with Gasteiger partial charge in [-0.3, -0.25) is 4.79 Å². The number of aromatic nitrogens is 1. The van der Waals surface area contributed by atoms with Crippen LogP contribution in [0.1, 0.15) is 0 Å². The number of halogens is 2. The van der Waals surface area contributed by atoms with E-state index in [0.29, 0.717) is 5.69 Å². The van der Waals surface area contributed by atoms with Crippen LogP contribution in [0.25, 0.3) is 10.8 Å². The van der Waals surface area contributed by atoms with Crippen molar-refractivity contribution in [3.8, 4) is 5.75 Å². The molecule has 3 aromatic rings. The smallest absolute Gasteiger partial charge is 0.290 e. The molecular formula is C17H14ClIN2O2. The van der Waals surface area contributed by atoms with Crippen LogP contribution in [0.3, 0.4) is 0 Å². The Hall–Kier alpha value is -1.86. The van der Waals surface area contributed by atoms with Crippen molar-refractivity contribution in [3.63, 3.8) is 0 Å². The zero-order valence-electron chi connectivity index (χ0n) is 12.0. The van der Waals surface area contributed by atoms with Crippen molar-refractivity contribution in [2.75, 3.05) is 5.32 Å². The number of rotatable bonds is 3. The summed E-state index contributed by atoms with van der Waals surface area (Å²) >= 11 is 2.12. The molecule has 2 N–H and O–H groups in total. The van der Waals surface area contributed by atoms with Gasteiger partial charge in [-0.05, 0) is 34.0 Å². The van der Waals surface area contributed by atoms with E-state index >= 15 is 0 Å². The van der Waals surface area contributed by atoms with Gasteiger partial charge in [-0.15, -0.1) is 0 Å². The predicted octanol–water partition coefficient (Wildman–Crippen LogP) is 0.0802. The first-order chi connectivity index (χ1) is 10.6. The van der Waals surface area contributed by atoms with Gasteiger partial charge >= 0.3 is 0 Å². The van der Waals surface area contributed by atoms with E-state index in [1.54, 1.807) is 4.57 Å². The van der Waals surface area contributed by atoms with E-state index in [-0.39, 0.29) is 30.6 Å². The molecule has 0 aliphatic carbocycles. The lowest BCUT2D eigenvalue weighted by Gasteiger charge is -2.11. The Morgan fingerprint density at radius 1 is 1.13 bits per heavy atom. The summed E-state index contributed by atoms with van der Waals surface area (Å²) in [6.45, 7) is 0.198. The number of carbonyl (C=O) groups excluding carboxylic acids is 1. The van der Waals surface area contributed by atoms with Gasteiger partial charge in [0.05, 0.1) is 5.69 Å². The fourth-order valence-corrected chi connectivity index (χ4v) is 3.02. The van der Waals surface area contributed by atoms with Crippen molar-refractivity contribution in [1.29, 1.82) is 0 Å². The summed E-state index contributed by atoms with van der Waals surface area (Å²) < 4.78 is 2.58. The average molecular weight is 441 g/mol.